The standard InChI is InChI=1S/C23H26N2O3/c26-23(16-7-2-1-3-8-16)25-22(20-12-6-14-28-20)19-11-4-9-17(21(19)24-25)15-18-10-5-13-27-18/h5-6,10,12-16,19,22H,1-4,7-9,11H2/b17-15-. The lowest BCUT2D eigenvalue weighted by atomic mass is 9.79. The fourth-order valence-electron chi connectivity index (χ4n) is 5.00. The van der Waals surface area contributed by atoms with Crippen molar-refractivity contribution in [1.29, 1.82) is 0 Å². The summed E-state index contributed by atoms with van der Waals surface area (Å²) in [6.45, 7) is 0. The van der Waals surface area contributed by atoms with Crippen LogP contribution in [0, 0.1) is 11.8 Å². The van der Waals surface area contributed by atoms with Crippen LogP contribution in [-0.2, 0) is 4.79 Å². The van der Waals surface area contributed by atoms with Gasteiger partial charge in [0, 0.05) is 11.8 Å². The third-order valence-corrected chi connectivity index (χ3v) is 6.38. The molecule has 0 aromatic carbocycles. The quantitative estimate of drug-likeness (QED) is 0.701. The van der Waals surface area contributed by atoms with E-state index in [2.05, 4.69) is 6.08 Å². The van der Waals surface area contributed by atoms with Gasteiger partial charge in [0.25, 0.3) is 0 Å². The normalized spacial score (nSPS) is 27.1. The van der Waals surface area contributed by atoms with Crippen molar-refractivity contribution in [3.8, 4) is 0 Å². The molecule has 2 unspecified atom stereocenters. The summed E-state index contributed by atoms with van der Waals surface area (Å²) in [4.78, 5) is 13.4. The second-order valence-electron chi connectivity index (χ2n) is 8.15. The molecule has 2 atom stereocenters. The zero-order valence-corrected chi connectivity index (χ0v) is 16.0. The molecule has 0 spiro atoms. The van der Waals surface area contributed by atoms with E-state index in [0.29, 0.717) is 0 Å². The van der Waals surface area contributed by atoms with Crippen LogP contribution in [0.1, 0.15) is 68.9 Å². The summed E-state index contributed by atoms with van der Waals surface area (Å²) in [5.41, 5.74) is 2.22. The monoisotopic (exact) mass is 378 g/mol. The van der Waals surface area contributed by atoms with E-state index >= 15 is 0 Å². The summed E-state index contributed by atoms with van der Waals surface area (Å²) in [7, 11) is 0. The maximum Gasteiger partial charge on any atom is 0.246 e. The third-order valence-electron chi connectivity index (χ3n) is 6.38. The Labute approximate surface area is 165 Å². The largest absolute Gasteiger partial charge is 0.467 e. The Kier molecular flexibility index (Phi) is 4.67. The van der Waals surface area contributed by atoms with Crippen molar-refractivity contribution < 1.29 is 13.6 Å². The maximum atomic E-state index is 13.4. The van der Waals surface area contributed by atoms with Crippen LogP contribution in [0.15, 0.2) is 56.3 Å². The number of allylic oxidation sites excluding steroid dienone is 1. The molecule has 0 saturated heterocycles. The number of rotatable bonds is 3. The lowest BCUT2D eigenvalue weighted by Gasteiger charge is -2.30. The molecule has 28 heavy (non-hydrogen) atoms. The summed E-state index contributed by atoms with van der Waals surface area (Å²) in [5, 5.41) is 6.68. The molecule has 5 nitrogen and oxygen atoms in total. The topological polar surface area (TPSA) is 59.0 Å². The third kappa shape index (κ3) is 3.13. The van der Waals surface area contributed by atoms with Gasteiger partial charge in [-0.15, -0.1) is 0 Å². The minimum atomic E-state index is -0.125. The van der Waals surface area contributed by atoms with Crippen molar-refractivity contribution in [3.05, 3.63) is 53.9 Å². The van der Waals surface area contributed by atoms with Crippen LogP contribution in [0.4, 0.5) is 0 Å². The average Bonchev–Trinajstić information content (AvgIpc) is 3.48. The van der Waals surface area contributed by atoms with Gasteiger partial charge in [0.05, 0.1) is 18.2 Å². The van der Waals surface area contributed by atoms with E-state index in [9.17, 15) is 4.79 Å². The Bertz CT molecular complexity index is 873. The molecule has 2 fully saturated rings. The molecule has 1 amide bonds. The predicted octanol–water partition coefficient (Wildman–Crippen LogP) is 5.58. The van der Waals surface area contributed by atoms with Gasteiger partial charge in [-0.2, -0.15) is 5.10 Å². The van der Waals surface area contributed by atoms with Crippen LogP contribution >= 0.6 is 0 Å². The number of fused-ring (bicyclic) bond motifs is 1. The van der Waals surface area contributed by atoms with Crippen molar-refractivity contribution in [3.63, 3.8) is 0 Å². The van der Waals surface area contributed by atoms with Gasteiger partial charge in [0.2, 0.25) is 5.91 Å². The van der Waals surface area contributed by atoms with Crippen LogP contribution in [0.3, 0.4) is 0 Å². The average molecular weight is 378 g/mol. The maximum absolute atomic E-state index is 13.4. The molecule has 5 rings (SSSR count). The Morgan fingerprint density at radius 2 is 1.86 bits per heavy atom. The molecule has 146 valence electrons. The Hall–Kier alpha value is -2.56. The highest BCUT2D eigenvalue weighted by Crippen LogP contribution is 2.45. The van der Waals surface area contributed by atoms with Gasteiger partial charge in [-0.3, -0.25) is 4.79 Å². The molecule has 2 aliphatic carbocycles. The van der Waals surface area contributed by atoms with Gasteiger partial charge < -0.3 is 8.83 Å². The SMILES string of the molecule is O=C(C1CCCCC1)N1N=C2/C(=C\c3ccco3)CCCC2C1c1ccco1. The smallest absolute Gasteiger partial charge is 0.246 e. The van der Waals surface area contributed by atoms with Crippen LogP contribution < -0.4 is 0 Å². The minimum Gasteiger partial charge on any atom is -0.467 e. The molecule has 3 aliphatic rings. The van der Waals surface area contributed by atoms with E-state index in [4.69, 9.17) is 13.9 Å². The molecule has 0 N–H and O–H groups in total. The molecule has 0 radical (unpaired) electrons. The fourth-order valence-corrected chi connectivity index (χ4v) is 5.00. The molecule has 2 aromatic rings. The zero-order valence-electron chi connectivity index (χ0n) is 16.0. The highest BCUT2D eigenvalue weighted by Gasteiger charge is 2.46. The van der Waals surface area contributed by atoms with Gasteiger partial charge in [0.15, 0.2) is 0 Å². The molecule has 2 saturated carbocycles. The van der Waals surface area contributed by atoms with Crippen molar-refractivity contribution in [2.45, 2.75) is 57.4 Å². The van der Waals surface area contributed by atoms with E-state index in [-0.39, 0.29) is 23.8 Å². The molecule has 1 aliphatic heterocycles. The van der Waals surface area contributed by atoms with Crippen LogP contribution in [-0.4, -0.2) is 16.6 Å². The first kappa shape index (κ1) is 17.5. The summed E-state index contributed by atoms with van der Waals surface area (Å²) >= 11 is 0. The number of hydrazone groups is 1. The van der Waals surface area contributed by atoms with Crippen LogP contribution in [0.25, 0.3) is 6.08 Å². The lowest BCUT2D eigenvalue weighted by Crippen LogP contribution is -2.36. The van der Waals surface area contributed by atoms with Crippen molar-refractivity contribution in [2.75, 3.05) is 0 Å². The Morgan fingerprint density at radius 3 is 2.61 bits per heavy atom. The minimum absolute atomic E-state index is 0.0909. The molecule has 5 heteroatoms. The Balaban J connectivity index is 1.51. The molecule has 0 bridgehead atoms. The molecule has 3 heterocycles. The van der Waals surface area contributed by atoms with Gasteiger partial charge in [-0.05, 0) is 68.0 Å². The van der Waals surface area contributed by atoms with E-state index in [1.165, 1.54) is 12.0 Å². The Morgan fingerprint density at radius 1 is 1.04 bits per heavy atom. The van der Waals surface area contributed by atoms with Gasteiger partial charge in [-0.1, -0.05) is 19.3 Å². The number of carbonyl (C=O) groups is 1. The summed E-state index contributed by atoms with van der Waals surface area (Å²) in [5.74, 6) is 2.12. The first-order chi connectivity index (χ1) is 13.8. The fraction of sp³-hybridized carbons (Fsp3) is 0.478. The van der Waals surface area contributed by atoms with E-state index in [1.807, 2.05) is 24.3 Å². The van der Waals surface area contributed by atoms with Gasteiger partial charge in [0.1, 0.15) is 17.6 Å². The number of hydrogen-bond acceptors (Lipinski definition) is 4. The molecular weight excluding hydrogens is 352 g/mol. The van der Waals surface area contributed by atoms with Crippen molar-refractivity contribution >= 4 is 17.7 Å². The lowest BCUT2D eigenvalue weighted by molar-refractivity contribution is -0.139. The van der Waals surface area contributed by atoms with Crippen LogP contribution in [0.2, 0.25) is 0 Å². The molecule has 2 aromatic heterocycles. The predicted molar refractivity (Wildman–Crippen MR) is 106 cm³/mol. The highest BCUT2D eigenvalue weighted by atomic mass is 16.3. The second-order valence-corrected chi connectivity index (χ2v) is 8.15. The van der Waals surface area contributed by atoms with E-state index in [1.54, 1.807) is 17.5 Å². The first-order valence-electron chi connectivity index (χ1n) is 10.5. The summed E-state index contributed by atoms with van der Waals surface area (Å²) < 4.78 is 11.3. The van der Waals surface area contributed by atoms with Crippen LogP contribution in [0.5, 0.6) is 0 Å². The highest BCUT2D eigenvalue weighted by molar-refractivity contribution is 6.08. The summed E-state index contributed by atoms with van der Waals surface area (Å²) in [6, 6.07) is 7.61. The van der Waals surface area contributed by atoms with E-state index in [0.717, 1.165) is 62.2 Å². The second kappa shape index (κ2) is 7.46. The number of furan rings is 2. The van der Waals surface area contributed by atoms with Crippen molar-refractivity contribution in [2.24, 2.45) is 16.9 Å². The number of hydrogen-bond donors (Lipinski definition) is 0. The number of amides is 1. The summed E-state index contributed by atoms with van der Waals surface area (Å²) in [6.07, 6.45) is 14.0. The van der Waals surface area contributed by atoms with E-state index < -0.39 is 0 Å². The van der Waals surface area contributed by atoms with Crippen molar-refractivity contribution in [1.82, 2.24) is 5.01 Å². The number of nitrogens with zero attached hydrogens (tertiary/aromatic N) is 2. The number of carbonyl (C=O) groups excluding carboxylic acids is 1. The van der Waals surface area contributed by atoms with Gasteiger partial charge >= 0.3 is 0 Å². The zero-order chi connectivity index (χ0) is 18.9. The molecular formula is C23H26N2O3. The van der Waals surface area contributed by atoms with Gasteiger partial charge in [-0.25, -0.2) is 5.01 Å². The first-order valence-corrected chi connectivity index (χ1v) is 10.5.